The Morgan fingerprint density at radius 1 is 0.763 bits per heavy atom. The number of nitrogens with one attached hydrogen (secondary N) is 2. The summed E-state index contributed by atoms with van der Waals surface area (Å²) in [6, 6.07) is 35.6. The van der Waals surface area contributed by atoms with Crippen LogP contribution in [0.5, 0.6) is 0 Å². The van der Waals surface area contributed by atoms with E-state index in [1.54, 1.807) is 16.9 Å². The van der Waals surface area contributed by atoms with E-state index in [0.717, 1.165) is 49.9 Å². The topological polar surface area (TPSA) is 71.8 Å². The molecule has 7 heteroatoms. The number of nitrogens with zero attached hydrogens (tertiary/aromatic N) is 3. The molecule has 0 atom stereocenters. The lowest BCUT2D eigenvalue weighted by atomic mass is 10.0. The predicted molar refractivity (Wildman–Crippen MR) is 157 cm³/mol. The molecule has 184 valence electrons. The van der Waals surface area contributed by atoms with Gasteiger partial charge in [0.2, 0.25) is 0 Å². The van der Waals surface area contributed by atoms with Crippen molar-refractivity contribution in [2.24, 2.45) is 0 Å². The minimum atomic E-state index is -0.275. The fourth-order valence-electron chi connectivity index (χ4n) is 4.47. The minimum Gasteiger partial charge on any atom is -0.332 e. The third-order valence-corrected chi connectivity index (χ3v) is 6.64. The summed E-state index contributed by atoms with van der Waals surface area (Å²) in [6.07, 6.45) is 0. The number of amides is 1. The monoisotopic (exact) mass is 513 g/mol. The molecule has 0 bridgehead atoms. The van der Waals surface area contributed by atoms with Crippen molar-refractivity contribution in [1.82, 2.24) is 20.3 Å². The smallest absolute Gasteiger partial charge is 0.257 e. The van der Waals surface area contributed by atoms with Gasteiger partial charge in [-0.3, -0.25) is 10.1 Å². The summed E-state index contributed by atoms with van der Waals surface area (Å²) in [5, 5.41) is 17.8. The molecular formula is C31H23N5OS. The largest absolute Gasteiger partial charge is 0.332 e. The average Bonchev–Trinajstić information content (AvgIpc) is 3.36. The summed E-state index contributed by atoms with van der Waals surface area (Å²) in [5.41, 5.74) is 6.76. The summed E-state index contributed by atoms with van der Waals surface area (Å²) in [6.45, 7) is 1.96. The number of carbonyl (C=O) groups is 1. The molecule has 0 aliphatic heterocycles. The molecule has 0 saturated heterocycles. The molecule has 6 rings (SSSR count). The number of fused-ring (bicyclic) bond motifs is 2. The van der Waals surface area contributed by atoms with Crippen molar-refractivity contribution in [3.8, 4) is 16.8 Å². The van der Waals surface area contributed by atoms with Crippen LogP contribution in [-0.2, 0) is 0 Å². The molecule has 0 radical (unpaired) electrons. The third-order valence-electron chi connectivity index (χ3n) is 6.44. The maximum Gasteiger partial charge on any atom is 0.257 e. The quantitative estimate of drug-likeness (QED) is 0.258. The van der Waals surface area contributed by atoms with Crippen molar-refractivity contribution >= 4 is 50.7 Å². The van der Waals surface area contributed by atoms with E-state index in [4.69, 9.17) is 22.4 Å². The highest BCUT2D eigenvalue weighted by molar-refractivity contribution is 7.80. The Kier molecular flexibility index (Phi) is 6.11. The van der Waals surface area contributed by atoms with Crippen LogP contribution in [0.1, 0.15) is 15.9 Å². The molecule has 0 saturated carbocycles. The summed E-state index contributed by atoms with van der Waals surface area (Å²) in [7, 11) is 0. The van der Waals surface area contributed by atoms with Gasteiger partial charge in [0.25, 0.3) is 5.91 Å². The van der Waals surface area contributed by atoms with E-state index in [0.29, 0.717) is 5.56 Å². The maximum absolute atomic E-state index is 12.8. The molecule has 0 fully saturated rings. The van der Waals surface area contributed by atoms with Gasteiger partial charge in [0.1, 0.15) is 11.0 Å². The number of benzene rings is 5. The number of hydrogen-bond donors (Lipinski definition) is 2. The van der Waals surface area contributed by atoms with Crippen molar-refractivity contribution in [1.29, 1.82) is 0 Å². The highest BCUT2D eigenvalue weighted by Gasteiger charge is 2.13. The van der Waals surface area contributed by atoms with Crippen LogP contribution < -0.4 is 10.6 Å². The second kappa shape index (κ2) is 9.88. The number of carbonyl (C=O) groups excluding carboxylic acids is 1. The Hall–Kier alpha value is -4.88. The predicted octanol–water partition coefficient (Wildman–Crippen LogP) is 6.68. The number of rotatable bonds is 4. The molecular weight excluding hydrogens is 490 g/mol. The zero-order valence-electron chi connectivity index (χ0n) is 20.6. The van der Waals surface area contributed by atoms with E-state index in [2.05, 4.69) is 28.8 Å². The molecule has 1 aromatic heterocycles. The number of anilines is 1. The Morgan fingerprint density at radius 3 is 2.21 bits per heavy atom. The lowest BCUT2D eigenvalue weighted by Crippen LogP contribution is -2.34. The molecule has 38 heavy (non-hydrogen) atoms. The molecule has 2 N–H and O–H groups in total. The Balaban J connectivity index is 1.19. The highest BCUT2D eigenvalue weighted by Crippen LogP contribution is 2.25. The van der Waals surface area contributed by atoms with Crippen molar-refractivity contribution < 1.29 is 4.79 Å². The van der Waals surface area contributed by atoms with Crippen LogP contribution >= 0.6 is 12.2 Å². The first-order chi connectivity index (χ1) is 18.5. The van der Waals surface area contributed by atoms with Gasteiger partial charge in [0.15, 0.2) is 5.11 Å². The Morgan fingerprint density at radius 2 is 1.42 bits per heavy atom. The van der Waals surface area contributed by atoms with Gasteiger partial charge in [-0.15, -0.1) is 15.0 Å². The lowest BCUT2D eigenvalue weighted by molar-refractivity contribution is 0.0977. The first-order valence-electron chi connectivity index (χ1n) is 12.2. The van der Waals surface area contributed by atoms with Crippen LogP contribution in [0.3, 0.4) is 0 Å². The van der Waals surface area contributed by atoms with Gasteiger partial charge in [-0.1, -0.05) is 78.9 Å². The molecule has 6 aromatic rings. The first kappa shape index (κ1) is 23.5. The van der Waals surface area contributed by atoms with Crippen LogP contribution in [0.4, 0.5) is 5.69 Å². The van der Waals surface area contributed by atoms with Crippen molar-refractivity contribution in [3.63, 3.8) is 0 Å². The fourth-order valence-corrected chi connectivity index (χ4v) is 4.67. The molecule has 5 aromatic carbocycles. The van der Waals surface area contributed by atoms with E-state index >= 15 is 0 Å². The van der Waals surface area contributed by atoms with Crippen molar-refractivity contribution in [3.05, 3.63) is 120 Å². The van der Waals surface area contributed by atoms with E-state index in [9.17, 15) is 4.79 Å². The summed E-state index contributed by atoms with van der Waals surface area (Å²) < 4.78 is 0. The van der Waals surface area contributed by atoms with Gasteiger partial charge < -0.3 is 5.32 Å². The first-order valence-corrected chi connectivity index (χ1v) is 12.6. The molecule has 0 aliphatic rings. The van der Waals surface area contributed by atoms with Gasteiger partial charge in [0.05, 0.1) is 5.69 Å². The number of aromatic nitrogens is 3. The van der Waals surface area contributed by atoms with Gasteiger partial charge in [-0.2, -0.15) is 0 Å². The summed E-state index contributed by atoms with van der Waals surface area (Å²) in [5.74, 6) is -0.275. The summed E-state index contributed by atoms with van der Waals surface area (Å²) in [4.78, 5) is 14.5. The SMILES string of the molecule is Cc1cc2nn(-c3cccc4ccccc34)nc2cc1NC(=S)NC(=O)c1ccc(-c2ccccc2)cc1. The molecule has 0 unspecified atom stereocenters. The van der Waals surface area contributed by atoms with Crippen LogP contribution in [0, 0.1) is 6.92 Å². The van der Waals surface area contributed by atoms with Crippen LogP contribution in [0.15, 0.2) is 109 Å². The fraction of sp³-hybridized carbons (Fsp3) is 0.0323. The van der Waals surface area contributed by atoms with E-state index in [1.807, 2.05) is 85.8 Å². The van der Waals surface area contributed by atoms with E-state index in [-0.39, 0.29) is 11.0 Å². The van der Waals surface area contributed by atoms with Crippen molar-refractivity contribution in [2.75, 3.05) is 5.32 Å². The molecule has 1 amide bonds. The highest BCUT2D eigenvalue weighted by atomic mass is 32.1. The summed E-state index contributed by atoms with van der Waals surface area (Å²) >= 11 is 5.45. The number of thiocarbonyl (C=S) groups is 1. The minimum absolute atomic E-state index is 0.214. The van der Waals surface area contributed by atoms with Crippen LogP contribution in [0.25, 0.3) is 38.6 Å². The zero-order valence-corrected chi connectivity index (χ0v) is 21.4. The van der Waals surface area contributed by atoms with Gasteiger partial charge in [-0.05, 0) is 71.6 Å². The molecule has 0 spiro atoms. The molecule has 0 aliphatic carbocycles. The zero-order chi connectivity index (χ0) is 26.1. The average molecular weight is 514 g/mol. The Bertz CT molecular complexity index is 1800. The standard InChI is InChI=1S/C31H23N5OS/c1-20-18-27-28(35-36(34-27)29-13-7-11-23-10-5-6-12-25(23)29)19-26(20)32-31(38)33-30(37)24-16-14-22(15-17-24)21-8-3-2-4-9-21/h2-19H,1H3,(H2,32,33,37,38). The second-order valence-electron chi connectivity index (χ2n) is 9.00. The number of hydrogen-bond acceptors (Lipinski definition) is 4. The second-order valence-corrected chi connectivity index (χ2v) is 9.40. The molecule has 1 heterocycles. The van der Waals surface area contributed by atoms with Crippen LogP contribution in [-0.4, -0.2) is 26.0 Å². The Labute approximate surface area is 224 Å². The number of aryl methyl sites for hydroxylation is 1. The van der Waals surface area contributed by atoms with Crippen LogP contribution in [0.2, 0.25) is 0 Å². The maximum atomic E-state index is 12.8. The van der Waals surface area contributed by atoms with E-state index in [1.165, 1.54) is 0 Å². The normalized spacial score (nSPS) is 11.0. The van der Waals surface area contributed by atoms with Gasteiger partial charge in [0, 0.05) is 16.6 Å². The van der Waals surface area contributed by atoms with Crippen molar-refractivity contribution in [2.45, 2.75) is 6.92 Å². The molecule has 6 nitrogen and oxygen atoms in total. The van der Waals surface area contributed by atoms with Gasteiger partial charge in [-0.25, -0.2) is 0 Å². The lowest BCUT2D eigenvalue weighted by Gasteiger charge is -2.12. The third kappa shape index (κ3) is 4.63. The van der Waals surface area contributed by atoms with E-state index < -0.39 is 0 Å². The van der Waals surface area contributed by atoms with Gasteiger partial charge >= 0.3 is 0 Å².